The molecule has 1 amide bonds. The molecule has 2 fully saturated rings. The van der Waals surface area contributed by atoms with Crippen molar-refractivity contribution in [2.45, 2.75) is 24.2 Å². The molecule has 2 aliphatic rings. The molecule has 2 heterocycles. The lowest BCUT2D eigenvalue weighted by molar-refractivity contribution is 0.0746. The largest absolute Gasteiger partial charge is 0.495 e. The molecule has 0 unspecified atom stereocenters. The number of benzene rings is 2. The van der Waals surface area contributed by atoms with E-state index in [1.54, 1.807) is 29.2 Å². The summed E-state index contributed by atoms with van der Waals surface area (Å²) in [6, 6.07) is 10.9. The first kappa shape index (κ1) is 22.5. The fraction of sp³-hybridized carbons (Fsp3) is 0.435. The van der Waals surface area contributed by atoms with Crippen LogP contribution in [0, 0.1) is 5.82 Å². The molecule has 32 heavy (non-hydrogen) atoms. The number of ether oxygens (including phenoxy) is 1. The van der Waals surface area contributed by atoms with Crippen LogP contribution in [0.3, 0.4) is 0 Å². The van der Waals surface area contributed by atoms with Gasteiger partial charge in [0.1, 0.15) is 16.5 Å². The number of carbonyl (C=O) groups excluding carboxylic acids is 1. The van der Waals surface area contributed by atoms with E-state index in [1.807, 2.05) is 0 Å². The molecule has 0 bridgehead atoms. The molecule has 2 saturated heterocycles. The summed E-state index contributed by atoms with van der Waals surface area (Å²) in [5, 5.41) is 0. The van der Waals surface area contributed by atoms with E-state index in [9.17, 15) is 17.6 Å². The molecule has 0 radical (unpaired) electrons. The standard InChI is InChI=1S/C23H28FN3O4S/c1-31-21-10-5-18(17-22(21)32(29,30)27-11-3-2-4-12-27)23(28)26-15-13-25(14-16-26)20-8-6-19(24)7-9-20/h5-10,17H,2-4,11-16H2,1H3. The Morgan fingerprint density at radius 2 is 1.56 bits per heavy atom. The smallest absolute Gasteiger partial charge is 0.254 e. The third-order valence-electron chi connectivity index (χ3n) is 6.10. The number of piperidine rings is 1. The van der Waals surface area contributed by atoms with E-state index < -0.39 is 10.0 Å². The fourth-order valence-electron chi connectivity index (χ4n) is 4.26. The Morgan fingerprint density at radius 3 is 2.19 bits per heavy atom. The number of methoxy groups -OCH3 is 1. The van der Waals surface area contributed by atoms with Crippen molar-refractivity contribution in [1.82, 2.24) is 9.21 Å². The molecule has 0 atom stereocenters. The van der Waals surface area contributed by atoms with Crippen molar-refractivity contribution >= 4 is 21.6 Å². The summed E-state index contributed by atoms with van der Waals surface area (Å²) in [4.78, 5) is 17.0. The highest BCUT2D eigenvalue weighted by Gasteiger charge is 2.31. The van der Waals surface area contributed by atoms with Gasteiger partial charge < -0.3 is 14.5 Å². The van der Waals surface area contributed by atoms with Crippen molar-refractivity contribution in [3.8, 4) is 5.75 Å². The molecule has 0 N–H and O–H groups in total. The molecule has 4 rings (SSSR count). The maximum atomic E-state index is 13.2. The van der Waals surface area contributed by atoms with Gasteiger partial charge in [0.25, 0.3) is 5.91 Å². The minimum atomic E-state index is -3.74. The van der Waals surface area contributed by atoms with Crippen LogP contribution in [0.4, 0.5) is 10.1 Å². The third kappa shape index (κ3) is 4.59. The molecule has 0 saturated carbocycles. The van der Waals surface area contributed by atoms with Crippen LogP contribution < -0.4 is 9.64 Å². The van der Waals surface area contributed by atoms with E-state index in [0.29, 0.717) is 44.8 Å². The molecule has 7 nitrogen and oxygen atoms in total. The first-order chi connectivity index (χ1) is 15.4. The van der Waals surface area contributed by atoms with Crippen molar-refractivity contribution in [2.75, 3.05) is 51.3 Å². The van der Waals surface area contributed by atoms with Gasteiger partial charge in [-0.25, -0.2) is 12.8 Å². The van der Waals surface area contributed by atoms with Crippen LogP contribution in [0.25, 0.3) is 0 Å². The van der Waals surface area contributed by atoms with Crippen LogP contribution in [-0.4, -0.2) is 69.9 Å². The molecule has 172 valence electrons. The van der Waals surface area contributed by atoms with E-state index in [4.69, 9.17) is 4.74 Å². The minimum Gasteiger partial charge on any atom is -0.495 e. The average molecular weight is 462 g/mol. The predicted molar refractivity (Wildman–Crippen MR) is 120 cm³/mol. The molecule has 0 aromatic heterocycles. The Hall–Kier alpha value is -2.65. The predicted octanol–water partition coefficient (Wildman–Crippen LogP) is 2.97. The summed E-state index contributed by atoms with van der Waals surface area (Å²) in [5.41, 5.74) is 1.24. The van der Waals surface area contributed by atoms with Gasteiger partial charge in [0.05, 0.1) is 7.11 Å². The average Bonchev–Trinajstić information content (AvgIpc) is 2.84. The summed E-state index contributed by atoms with van der Waals surface area (Å²) in [6.07, 6.45) is 2.68. The number of amides is 1. The maximum Gasteiger partial charge on any atom is 0.254 e. The topological polar surface area (TPSA) is 70.2 Å². The summed E-state index contributed by atoms with van der Waals surface area (Å²) >= 11 is 0. The van der Waals surface area contributed by atoms with Crippen LogP contribution in [-0.2, 0) is 10.0 Å². The monoisotopic (exact) mass is 461 g/mol. The van der Waals surface area contributed by atoms with E-state index in [0.717, 1.165) is 24.9 Å². The Morgan fingerprint density at radius 1 is 0.906 bits per heavy atom. The second-order valence-electron chi connectivity index (χ2n) is 8.09. The minimum absolute atomic E-state index is 0.0395. The molecular weight excluding hydrogens is 433 g/mol. The van der Waals surface area contributed by atoms with Crippen molar-refractivity contribution in [3.05, 3.63) is 53.8 Å². The van der Waals surface area contributed by atoms with Gasteiger partial charge in [-0.3, -0.25) is 4.79 Å². The highest BCUT2D eigenvalue weighted by Crippen LogP contribution is 2.30. The first-order valence-corrected chi connectivity index (χ1v) is 12.3. The zero-order chi connectivity index (χ0) is 22.7. The quantitative estimate of drug-likeness (QED) is 0.685. The third-order valence-corrected chi connectivity index (χ3v) is 8.02. The van der Waals surface area contributed by atoms with Crippen molar-refractivity contribution in [3.63, 3.8) is 0 Å². The number of rotatable bonds is 5. The Labute approximate surface area is 188 Å². The SMILES string of the molecule is COc1ccc(C(=O)N2CCN(c3ccc(F)cc3)CC2)cc1S(=O)(=O)N1CCCCC1. The van der Waals surface area contributed by atoms with Gasteiger partial charge in [0.2, 0.25) is 10.0 Å². The van der Waals surface area contributed by atoms with E-state index in [1.165, 1.54) is 29.6 Å². The zero-order valence-corrected chi connectivity index (χ0v) is 19.0. The number of piperazine rings is 1. The summed E-state index contributed by atoms with van der Waals surface area (Å²) in [7, 11) is -2.31. The molecule has 0 spiro atoms. The molecular formula is C23H28FN3O4S. The maximum absolute atomic E-state index is 13.2. The van der Waals surface area contributed by atoms with Gasteiger partial charge in [-0.05, 0) is 55.3 Å². The van der Waals surface area contributed by atoms with Crippen LogP contribution in [0.1, 0.15) is 29.6 Å². The molecule has 2 aromatic carbocycles. The molecule has 0 aliphatic carbocycles. The molecule has 2 aromatic rings. The lowest BCUT2D eigenvalue weighted by Crippen LogP contribution is -2.48. The lowest BCUT2D eigenvalue weighted by Gasteiger charge is -2.36. The van der Waals surface area contributed by atoms with E-state index in [-0.39, 0.29) is 22.4 Å². The van der Waals surface area contributed by atoms with Gasteiger partial charge >= 0.3 is 0 Å². The first-order valence-electron chi connectivity index (χ1n) is 10.9. The van der Waals surface area contributed by atoms with Gasteiger partial charge in [0, 0.05) is 50.5 Å². The lowest BCUT2D eigenvalue weighted by atomic mass is 10.1. The summed E-state index contributed by atoms with van der Waals surface area (Å²) < 4.78 is 46.4. The summed E-state index contributed by atoms with van der Waals surface area (Å²) in [5.74, 6) is -0.243. The number of hydrogen-bond donors (Lipinski definition) is 0. The highest BCUT2D eigenvalue weighted by atomic mass is 32.2. The Kier molecular flexibility index (Phi) is 6.66. The van der Waals surface area contributed by atoms with Gasteiger partial charge in [-0.1, -0.05) is 6.42 Å². The number of carbonyl (C=O) groups is 1. The fourth-order valence-corrected chi connectivity index (χ4v) is 5.96. The second-order valence-corrected chi connectivity index (χ2v) is 9.99. The van der Waals surface area contributed by atoms with Crippen LogP contribution in [0.15, 0.2) is 47.4 Å². The number of sulfonamides is 1. The second kappa shape index (κ2) is 9.46. The number of halogens is 1. The van der Waals surface area contributed by atoms with Crippen molar-refractivity contribution < 1.29 is 22.3 Å². The zero-order valence-electron chi connectivity index (χ0n) is 18.2. The van der Waals surface area contributed by atoms with E-state index in [2.05, 4.69) is 4.90 Å². The van der Waals surface area contributed by atoms with Gasteiger partial charge in [-0.2, -0.15) is 4.31 Å². The van der Waals surface area contributed by atoms with E-state index >= 15 is 0 Å². The summed E-state index contributed by atoms with van der Waals surface area (Å²) in [6.45, 7) is 3.19. The Balaban J connectivity index is 1.50. The number of hydrogen-bond acceptors (Lipinski definition) is 5. The number of nitrogens with zero attached hydrogens (tertiary/aromatic N) is 3. The van der Waals surface area contributed by atoms with Gasteiger partial charge in [0.15, 0.2) is 0 Å². The molecule has 9 heteroatoms. The van der Waals surface area contributed by atoms with Crippen LogP contribution in [0.5, 0.6) is 5.75 Å². The van der Waals surface area contributed by atoms with Gasteiger partial charge in [-0.15, -0.1) is 0 Å². The van der Waals surface area contributed by atoms with Crippen molar-refractivity contribution in [2.24, 2.45) is 0 Å². The highest BCUT2D eigenvalue weighted by molar-refractivity contribution is 7.89. The van der Waals surface area contributed by atoms with Crippen LogP contribution >= 0.6 is 0 Å². The van der Waals surface area contributed by atoms with Crippen LogP contribution in [0.2, 0.25) is 0 Å². The molecule has 2 aliphatic heterocycles. The van der Waals surface area contributed by atoms with Crippen molar-refractivity contribution in [1.29, 1.82) is 0 Å². The Bertz CT molecular complexity index is 1060. The normalized spacial score (nSPS) is 17.9. The number of anilines is 1.